The highest BCUT2D eigenvalue weighted by molar-refractivity contribution is 7.10. The molecule has 1 aromatic heterocycles. The number of carbonyl (C=O) groups excluding carboxylic acids is 1. The second-order valence-corrected chi connectivity index (χ2v) is 9.74. The van der Waals surface area contributed by atoms with Crippen molar-refractivity contribution in [1.82, 2.24) is 9.80 Å². The van der Waals surface area contributed by atoms with E-state index in [-0.39, 0.29) is 18.5 Å². The molecule has 33 heavy (non-hydrogen) atoms. The molecule has 0 unspecified atom stereocenters. The molecule has 2 aromatic rings. The maximum atomic E-state index is 13.4. The molecular weight excluding hydrogens is 432 g/mol. The minimum atomic E-state index is -0.496. The van der Waals surface area contributed by atoms with Gasteiger partial charge in [0, 0.05) is 24.5 Å². The van der Waals surface area contributed by atoms with Gasteiger partial charge in [-0.2, -0.15) is 0 Å². The molecule has 2 heterocycles. The third-order valence-electron chi connectivity index (χ3n) is 6.06. The lowest BCUT2D eigenvalue weighted by Crippen LogP contribution is -2.47. The average Bonchev–Trinajstić information content (AvgIpc) is 3.26. The van der Waals surface area contributed by atoms with E-state index in [0.29, 0.717) is 32.7 Å². The van der Waals surface area contributed by atoms with Crippen molar-refractivity contribution >= 4 is 17.2 Å². The summed E-state index contributed by atoms with van der Waals surface area (Å²) in [5, 5.41) is 12.4. The predicted molar refractivity (Wildman–Crippen MR) is 136 cm³/mol. The number of hydrogen-bond acceptors (Lipinski definition) is 5. The Morgan fingerprint density at radius 1 is 1.33 bits per heavy atom. The summed E-state index contributed by atoms with van der Waals surface area (Å²) in [6.07, 6.45) is 5.34. The van der Waals surface area contributed by atoms with E-state index in [1.807, 2.05) is 28.9 Å². The van der Waals surface area contributed by atoms with Crippen LogP contribution < -0.4 is 4.74 Å². The maximum absolute atomic E-state index is 13.4. The van der Waals surface area contributed by atoms with Gasteiger partial charge >= 0.3 is 0 Å². The minimum Gasteiger partial charge on any atom is -0.491 e. The number of ether oxygens (including phenoxy) is 1. The molecule has 0 fully saturated rings. The number of hydrogen-bond donors (Lipinski definition) is 1. The third-order valence-corrected chi connectivity index (χ3v) is 7.06. The SMILES string of the molecule is C=CCC[C@H](O)CN(CC=C)CC(=O)N1CCc2sccc2[C@@H]1COc1ccc(C)cc1C. The summed E-state index contributed by atoms with van der Waals surface area (Å²) < 4.78 is 6.23. The standard InChI is InChI=1S/C27H36N2O3S/c1-5-7-8-22(30)17-28(13-6-2)18-27(31)29-14-11-26-23(12-15-33-26)24(29)19-32-25-10-9-20(3)16-21(25)4/h5-6,9-10,12,15-16,22,24,30H,1-2,7-8,11,13-14,17-19H2,3-4H3/t22-,24-/m0/s1. The molecule has 0 aliphatic carbocycles. The topological polar surface area (TPSA) is 53.0 Å². The van der Waals surface area contributed by atoms with Crippen LogP contribution in [0.3, 0.4) is 0 Å². The lowest BCUT2D eigenvalue weighted by molar-refractivity contribution is -0.136. The Balaban J connectivity index is 1.72. The first-order chi connectivity index (χ1) is 15.9. The number of amides is 1. The molecule has 178 valence electrons. The second-order valence-electron chi connectivity index (χ2n) is 8.73. The van der Waals surface area contributed by atoms with Crippen LogP contribution in [0.15, 0.2) is 55.0 Å². The zero-order valence-electron chi connectivity index (χ0n) is 19.8. The van der Waals surface area contributed by atoms with Crippen molar-refractivity contribution < 1.29 is 14.6 Å². The summed E-state index contributed by atoms with van der Waals surface area (Å²) in [5.74, 6) is 0.910. The van der Waals surface area contributed by atoms with Gasteiger partial charge in [0.1, 0.15) is 12.4 Å². The molecule has 1 aromatic carbocycles. The molecule has 5 nitrogen and oxygen atoms in total. The lowest BCUT2D eigenvalue weighted by atomic mass is 10.00. The van der Waals surface area contributed by atoms with Crippen LogP contribution in [0.5, 0.6) is 5.75 Å². The first-order valence-electron chi connectivity index (χ1n) is 11.6. The van der Waals surface area contributed by atoms with Crippen LogP contribution in [-0.4, -0.2) is 59.7 Å². The second kappa shape index (κ2) is 12.2. The quantitative estimate of drug-likeness (QED) is 0.460. The number of carbonyl (C=O) groups is 1. The molecule has 1 aliphatic heterocycles. The molecule has 3 rings (SSSR count). The van der Waals surface area contributed by atoms with Gasteiger partial charge in [0.15, 0.2) is 0 Å². The Bertz CT molecular complexity index is 955. The first kappa shape index (κ1) is 25.2. The number of benzene rings is 1. The fraction of sp³-hybridized carbons (Fsp3) is 0.444. The highest BCUT2D eigenvalue weighted by atomic mass is 32.1. The van der Waals surface area contributed by atoms with Gasteiger partial charge in [-0.25, -0.2) is 0 Å². The van der Waals surface area contributed by atoms with Crippen molar-refractivity contribution in [2.45, 2.75) is 45.3 Å². The van der Waals surface area contributed by atoms with Crippen LogP contribution in [0.25, 0.3) is 0 Å². The lowest BCUT2D eigenvalue weighted by Gasteiger charge is -2.37. The van der Waals surface area contributed by atoms with Gasteiger partial charge in [-0.3, -0.25) is 9.69 Å². The summed E-state index contributed by atoms with van der Waals surface area (Å²) in [4.78, 5) is 18.7. The largest absolute Gasteiger partial charge is 0.491 e. The zero-order chi connectivity index (χ0) is 23.8. The van der Waals surface area contributed by atoms with E-state index < -0.39 is 6.10 Å². The molecule has 1 N–H and O–H groups in total. The Labute approximate surface area is 202 Å². The number of nitrogens with zero attached hydrogens (tertiary/aromatic N) is 2. The van der Waals surface area contributed by atoms with Crippen molar-refractivity contribution in [3.63, 3.8) is 0 Å². The van der Waals surface area contributed by atoms with Crippen LogP contribution in [-0.2, 0) is 11.2 Å². The molecule has 0 radical (unpaired) electrons. The summed E-state index contributed by atoms with van der Waals surface area (Å²) in [7, 11) is 0. The van der Waals surface area contributed by atoms with Crippen molar-refractivity contribution in [3.8, 4) is 5.75 Å². The van der Waals surface area contributed by atoms with E-state index in [1.165, 1.54) is 16.0 Å². The van der Waals surface area contributed by atoms with Gasteiger partial charge in [0.05, 0.1) is 18.7 Å². The Hall–Kier alpha value is -2.41. The number of aliphatic hydroxyl groups is 1. The highest BCUT2D eigenvalue weighted by Gasteiger charge is 2.33. The number of fused-ring (bicyclic) bond motifs is 1. The van der Waals surface area contributed by atoms with Gasteiger partial charge in [0.25, 0.3) is 0 Å². The number of rotatable bonds is 12. The normalized spacial score (nSPS) is 16.4. The van der Waals surface area contributed by atoms with Gasteiger partial charge in [-0.1, -0.05) is 29.8 Å². The zero-order valence-corrected chi connectivity index (χ0v) is 20.7. The molecule has 1 aliphatic rings. The van der Waals surface area contributed by atoms with Crippen molar-refractivity contribution in [3.05, 3.63) is 76.5 Å². The van der Waals surface area contributed by atoms with Crippen molar-refractivity contribution in [1.29, 1.82) is 0 Å². The molecule has 0 saturated heterocycles. The summed E-state index contributed by atoms with van der Waals surface area (Å²) in [6, 6.07) is 8.16. The van der Waals surface area contributed by atoms with E-state index in [1.54, 1.807) is 23.5 Å². The van der Waals surface area contributed by atoms with E-state index in [2.05, 4.69) is 37.6 Å². The summed E-state index contributed by atoms with van der Waals surface area (Å²) in [5.41, 5.74) is 3.48. The number of thiophene rings is 1. The van der Waals surface area contributed by atoms with Crippen LogP contribution in [0, 0.1) is 13.8 Å². The number of aryl methyl sites for hydroxylation is 2. The highest BCUT2D eigenvalue weighted by Crippen LogP contribution is 2.34. The van der Waals surface area contributed by atoms with E-state index in [0.717, 1.165) is 24.2 Å². The monoisotopic (exact) mass is 468 g/mol. The summed E-state index contributed by atoms with van der Waals surface area (Å²) >= 11 is 1.75. The van der Waals surface area contributed by atoms with E-state index in [9.17, 15) is 9.90 Å². The van der Waals surface area contributed by atoms with E-state index >= 15 is 0 Å². The maximum Gasteiger partial charge on any atom is 0.237 e. The Morgan fingerprint density at radius 3 is 2.88 bits per heavy atom. The fourth-order valence-corrected chi connectivity index (χ4v) is 5.30. The van der Waals surface area contributed by atoms with E-state index in [4.69, 9.17) is 4.74 Å². The smallest absolute Gasteiger partial charge is 0.237 e. The molecule has 2 atom stereocenters. The van der Waals surface area contributed by atoms with Crippen molar-refractivity contribution in [2.75, 3.05) is 32.8 Å². The fourth-order valence-electron chi connectivity index (χ4n) is 4.37. The predicted octanol–water partition coefficient (Wildman–Crippen LogP) is 4.68. The minimum absolute atomic E-state index is 0.0545. The molecule has 0 spiro atoms. The van der Waals surface area contributed by atoms with Crippen molar-refractivity contribution in [2.24, 2.45) is 0 Å². The van der Waals surface area contributed by atoms with Gasteiger partial charge in [0.2, 0.25) is 5.91 Å². The molecular formula is C27H36N2O3S. The van der Waals surface area contributed by atoms with Gasteiger partial charge in [-0.05, 0) is 61.7 Å². The van der Waals surface area contributed by atoms with Crippen LogP contribution in [0.1, 0.15) is 40.5 Å². The average molecular weight is 469 g/mol. The summed E-state index contributed by atoms with van der Waals surface area (Å²) in [6.45, 7) is 14.0. The molecule has 0 bridgehead atoms. The Morgan fingerprint density at radius 2 is 2.15 bits per heavy atom. The van der Waals surface area contributed by atoms with Crippen LogP contribution in [0.4, 0.5) is 0 Å². The van der Waals surface area contributed by atoms with Gasteiger partial charge < -0.3 is 14.7 Å². The van der Waals surface area contributed by atoms with Crippen LogP contribution >= 0.6 is 11.3 Å². The molecule has 1 amide bonds. The van der Waals surface area contributed by atoms with Gasteiger partial charge in [-0.15, -0.1) is 24.5 Å². The first-order valence-corrected chi connectivity index (χ1v) is 12.5. The van der Waals surface area contributed by atoms with Crippen LogP contribution in [0.2, 0.25) is 0 Å². The Kier molecular flexibility index (Phi) is 9.30. The third kappa shape index (κ3) is 6.79. The number of aliphatic hydroxyl groups excluding tert-OH is 1. The number of allylic oxidation sites excluding steroid dienone is 1. The molecule has 6 heteroatoms. The molecule has 0 saturated carbocycles.